The van der Waals surface area contributed by atoms with E-state index in [-0.39, 0.29) is 11.3 Å². The first kappa shape index (κ1) is 19.9. The van der Waals surface area contributed by atoms with Gasteiger partial charge in [0.1, 0.15) is 0 Å². The van der Waals surface area contributed by atoms with E-state index in [4.69, 9.17) is 11.6 Å². The van der Waals surface area contributed by atoms with Crippen LogP contribution < -0.4 is 5.32 Å². The lowest BCUT2D eigenvalue weighted by atomic mass is 9.86. The first-order valence-corrected chi connectivity index (χ1v) is 9.95. The topological polar surface area (TPSA) is 29.1 Å². The second-order valence-corrected chi connectivity index (χ2v) is 8.70. The molecule has 0 fully saturated rings. The van der Waals surface area contributed by atoms with Crippen molar-refractivity contribution >= 4 is 29.3 Å². The highest BCUT2D eigenvalue weighted by Crippen LogP contribution is 2.22. The second kappa shape index (κ2) is 9.30. The van der Waals surface area contributed by atoms with Crippen molar-refractivity contribution in [3.05, 3.63) is 64.7 Å². The van der Waals surface area contributed by atoms with Crippen LogP contribution in [-0.4, -0.2) is 18.2 Å². The van der Waals surface area contributed by atoms with E-state index >= 15 is 0 Å². The molecule has 0 aromatic heterocycles. The number of hydrogen-bond donors (Lipinski definition) is 1. The Morgan fingerprint density at radius 2 is 1.68 bits per heavy atom. The molecule has 2 aromatic carbocycles. The molecule has 0 bridgehead atoms. The summed E-state index contributed by atoms with van der Waals surface area (Å²) in [5.41, 5.74) is 2.69. The van der Waals surface area contributed by atoms with Crippen LogP contribution in [0.4, 0.5) is 0 Å². The number of amides is 1. The zero-order valence-electron chi connectivity index (χ0n) is 15.1. The number of rotatable bonds is 7. The Kier molecular flexibility index (Phi) is 7.39. The van der Waals surface area contributed by atoms with E-state index in [0.29, 0.717) is 13.0 Å². The van der Waals surface area contributed by atoms with Crippen LogP contribution >= 0.6 is 23.4 Å². The van der Waals surface area contributed by atoms with Crippen molar-refractivity contribution in [3.8, 4) is 0 Å². The van der Waals surface area contributed by atoms with Crippen molar-refractivity contribution < 1.29 is 4.79 Å². The predicted molar refractivity (Wildman–Crippen MR) is 109 cm³/mol. The van der Waals surface area contributed by atoms with Crippen molar-refractivity contribution in [1.82, 2.24) is 5.32 Å². The van der Waals surface area contributed by atoms with Crippen molar-refractivity contribution in [1.29, 1.82) is 0 Å². The van der Waals surface area contributed by atoms with Gasteiger partial charge in [-0.1, -0.05) is 56.6 Å². The minimum absolute atomic E-state index is 0.108. The summed E-state index contributed by atoms with van der Waals surface area (Å²) in [4.78, 5) is 13.1. The molecule has 25 heavy (non-hydrogen) atoms. The summed E-state index contributed by atoms with van der Waals surface area (Å²) in [7, 11) is 0. The molecule has 2 nitrogen and oxygen atoms in total. The van der Waals surface area contributed by atoms with Crippen LogP contribution in [-0.2, 0) is 16.6 Å². The highest BCUT2D eigenvalue weighted by atomic mass is 35.5. The highest BCUT2D eigenvalue weighted by Gasteiger charge is 2.12. The Hall–Kier alpha value is -1.45. The Balaban J connectivity index is 1.66. The Morgan fingerprint density at radius 3 is 2.28 bits per heavy atom. The number of thioether (sulfide) groups is 1. The first-order chi connectivity index (χ1) is 11.8. The Morgan fingerprint density at radius 1 is 1.04 bits per heavy atom. The fourth-order valence-corrected chi connectivity index (χ4v) is 3.30. The molecule has 1 amide bonds. The highest BCUT2D eigenvalue weighted by molar-refractivity contribution is 7.99. The maximum atomic E-state index is 12.0. The van der Waals surface area contributed by atoms with Crippen molar-refractivity contribution in [2.45, 2.75) is 43.9 Å². The van der Waals surface area contributed by atoms with Gasteiger partial charge >= 0.3 is 0 Å². The Labute approximate surface area is 160 Å². The monoisotopic (exact) mass is 375 g/mol. The van der Waals surface area contributed by atoms with Crippen LogP contribution in [0, 0.1) is 0 Å². The third-order valence-corrected chi connectivity index (χ3v) is 5.23. The van der Waals surface area contributed by atoms with E-state index in [2.05, 4.69) is 50.4 Å². The standard InChI is InChI=1S/C21H26ClNOS/c1-21(2,3)17-7-4-16(5-8-17)6-13-20(24)23-14-15-25-19-11-9-18(22)10-12-19/h4-5,7-12H,6,13-15H2,1-3H3,(H,23,24). The summed E-state index contributed by atoms with van der Waals surface area (Å²) in [6.45, 7) is 7.29. The summed E-state index contributed by atoms with van der Waals surface area (Å²) in [6.07, 6.45) is 1.31. The quantitative estimate of drug-likeness (QED) is 0.513. The lowest BCUT2D eigenvalue weighted by Crippen LogP contribution is -2.25. The van der Waals surface area contributed by atoms with Gasteiger partial charge in [0.15, 0.2) is 0 Å². The zero-order valence-corrected chi connectivity index (χ0v) is 16.7. The molecular weight excluding hydrogens is 350 g/mol. The average Bonchev–Trinajstić information content (AvgIpc) is 2.58. The van der Waals surface area contributed by atoms with Gasteiger partial charge in [0, 0.05) is 28.6 Å². The van der Waals surface area contributed by atoms with Crippen LogP contribution in [0.5, 0.6) is 0 Å². The number of halogens is 1. The van der Waals surface area contributed by atoms with E-state index < -0.39 is 0 Å². The molecule has 0 saturated carbocycles. The fourth-order valence-electron chi connectivity index (χ4n) is 2.41. The number of carbonyl (C=O) groups is 1. The molecule has 0 heterocycles. The first-order valence-electron chi connectivity index (χ1n) is 8.59. The summed E-state index contributed by atoms with van der Waals surface area (Å²) >= 11 is 7.58. The molecule has 4 heteroatoms. The van der Waals surface area contributed by atoms with Gasteiger partial charge in [-0.2, -0.15) is 0 Å². The molecule has 0 aliphatic heterocycles. The maximum absolute atomic E-state index is 12.0. The van der Waals surface area contributed by atoms with E-state index in [1.165, 1.54) is 11.1 Å². The van der Waals surface area contributed by atoms with Gasteiger partial charge in [0.05, 0.1) is 0 Å². The number of benzene rings is 2. The van der Waals surface area contributed by atoms with Crippen molar-refractivity contribution in [3.63, 3.8) is 0 Å². The van der Waals surface area contributed by atoms with E-state index in [0.717, 1.165) is 22.1 Å². The molecule has 2 aromatic rings. The second-order valence-electron chi connectivity index (χ2n) is 7.10. The molecule has 134 valence electrons. The smallest absolute Gasteiger partial charge is 0.220 e. The molecule has 0 unspecified atom stereocenters. The van der Waals surface area contributed by atoms with Crippen LogP contribution in [0.15, 0.2) is 53.4 Å². The molecular formula is C21H26ClNOS. The zero-order chi connectivity index (χ0) is 18.3. The van der Waals surface area contributed by atoms with Gasteiger partial charge in [-0.05, 0) is 47.2 Å². The third kappa shape index (κ3) is 7.13. The molecule has 2 rings (SSSR count). The van der Waals surface area contributed by atoms with Gasteiger partial charge in [-0.3, -0.25) is 4.79 Å². The van der Waals surface area contributed by atoms with Gasteiger partial charge in [0.25, 0.3) is 0 Å². The summed E-state index contributed by atoms with van der Waals surface area (Å²) in [6, 6.07) is 16.3. The average molecular weight is 376 g/mol. The number of carbonyl (C=O) groups excluding carboxylic acids is 1. The van der Waals surface area contributed by atoms with Crippen LogP contribution in [0.2, 0.25) is 5.02 Å². The van der Waals surface area contributed by atoms with Gasteiger partial charge in [0.2, 0.25) is 5.91 Å². The maximum Gasteiger partial charge on any atom is 0.220 e. The molecule has 0 atom stereocenters. The van der Waals surface area contributed by atoms with E-state index in [1.54, 1.807) is 11.8 Å². The summed E-state index contributed by atoms with van der Waals surface area (Å²) in [5.74, 6) is 0.963. The van der Waals surface area contributed by atoms with Gasteiger partial charge in [-0.15, -0.1) is 11.8 Å². The molecule has 0 spiro atoms. The van der Waals surface area contributed by atoms with Crippen molar-refractivity contribution in [2.75, 3.05) is 12.3 Å². The van der Waals surface area contributed by atoms with E-state index in [1.807, 2.05) is 24.3 Å². The molecule has 0 saturated heterocycles. The number of aryl methyl sites for hydroxylation is 1. The fraction of sp³-hybridized carbons (Fsp3) is 0.381. The van der Waals surface area contributed by atoms with Crippen LogP contribution in [0.1, 0.15) is 38.3 Å². The summed E-state index contributed by atoms with van der Waals surface area (Å²) in [5, 5.41) is 3.73. The minimum Gasteiger partial charge on any atom is -0.355 e. The van der Waals surface area contributed by atoms with Crippen LogP contribution in [0.25, 0.3) is 0 Å². The summed E-state index contributed by atoms with van der Waals surface area (Å²) < 4.78 is 0. The van der Waals surface area contributed by atoms with Crippen LogP contribution in [0.3, 0.4) is 0 Å². The minimum atomic E-state index is 0.108. The predicted octanol–water partition coefficient (Wildman–Crippen LogP) is 5.48. The normalized spacial score (nSPS) is 11.4. The number of nitrogens with one attached hydrogen (secondary N) is 1. The lowest BCUT2D eigenvalue weighted by Gasteiger charge is -2.19. The number of hydrogen-bond acceptors (Lipinski definition) is 2. The molecule has 0 radical (unpaired) electrons. The van der Waals surface area contributed by atoms with Gasteiger partial charge < -0.3 is 5.32 Å². The lowest BCUT2D eigenvalue weighted by molar-refractivity contribution is -0.120. The molecule has 1 N–H and O–H groups in total. The molecule has 0 aliphatic rings. The molecule has 0 aliphatic carbocycles. The van der Waals surface area contributed by atoms with Crippen molar-refractivity contribution in [2.24, 2.45) is 0 Å². The Bertz CT molecular complexity index is 675. The van der Waals surface area contributed by atoms with Gasteiger partial charge in [-0.25, -0.2) is 0 Å². The largest absolute Gasteiger partial charge is 0.355 e. The SMILES string of the molecule is CC(C)(C)c1ccc(CCC(=O)NCCSc2ccc(Cl)cc2)cc1. The third-order valence-electron chi connectivity index (χ3n) is 3.97. The van der Waals surface area contributed by atoms with E-state index in [9.17, 15) is 4.79 Å².